The highest BCUT2D eigenvalue weighted by atomic mass is 32.1. The molecular weight excluding hydrogens is 212 g/mol. The van der Waals surface area contributed by atoms with Gasteiger partial charge in [0.1, 0.15) is 4.70 Å². The zero-order valence-electron chi connectivity index (χ0n) is 8.05. The second-order valence-electron chi connectivity index (χ2n) is 3.82. The largest absolute Gasteiger partial charge is 0.326 e. The third kappa shape index (κ3) is 1.26. The molecule has 2 N–H and O–H groups in total. The number of nitrogens with one attached hydrogen (secondary N) is 2. The monoisotopic (exact) mass is 222 g/mol. The van der Waals surface area contributed by atoms with Gasteiger partial charge in [-0.1, -0.05) is 0 Å². The highest BCUT2D eigenvalue weighted by molar-refractivity contribution is 7.19. The first-order valence-corrected chi connectivity index (χ1v) is 5.84. The van der Waals surface area contributed by atoms with Gasteiger partial charge < -0.3 is 4.98 Å². The minimum Gasteiger partial charge on any atom is -0.306 e. The van der Waals surface area contributed by atoms with Gasteiger partial charge in [-0.2, -0.15) is 0 Å². The smallest absolute Gasteiger partial charge is 0.306 e. The lowest BCUT2D eigenvalue weighted by atomic mass is 9.98. The molecule has 0 saturated heterocycles. The summed E-state index contributed by atoms with van der Waals surface area (Å²) in [7, 11) is 0. The first kappa shape index (κ1) is 8.91. The maximum atomic E-state index is 11.6. The number of hydrogen-bond donors (Lipinski definition) is 2. The van der Waals surface area contributed by atoms with E-state index in [-0.39, 0.29) is 5.56 Å². The third-order valence-corrected chi connectivity index (χ3v) is 4.13. The molecule has 0 bridgehead atoms. The van der Waals surface area contributed by atoms with Crippen molar-refractivity contribution in [1.82, 2.24) is 9.97 Å². The summed E-state index contributed by atoms with van der Waals surface area (Å²) in [6.07, 6.45) is 4.35. The molecular formula is C10H10N2O2S. The number of rotatable bonds is 0. The van der Waals surface area contributed by atoms with Crippen LogP contribution in [-0.4, -0.2) is 9.97 Å². The zero-order valence-corrected chi connectivity index (χ0v) is 8.87. The van der Waals surface area contributed by atoms with Crippen LogP contribution >= 0.6 is 11.3 Å². The Morgan fingerprint density at radius 3 is 2.73 bits per heavy atom. The summed E-state index contributed by atoms with van der Waals surface area (Å²) in [6, 6.07) is 0. The lowest BCUT2D eigenvalue weighted by Gasteiger charge is -2.09. The van der Waals surface area contributed by atoms with Crippen molar-refractivity contribution in [2.24, 2.45) is 0 Å². The van der Waals surface area contributed by atoms with Gasteiger partial charge in [-0.15, -0.1) is 11.3 Å². The second-order valence-corrected chi connectivity index (χ2v) is 4.93. The van der Waals surface area contributed by atoms with Crippen LogP contribution in [0.5, 0.6) is 0 Å². The van der Waals surface area contributed by atoms with Crippen LogP contribution in [0.25, 0.3) is 10.2 Å². The standard InChI is InChI=1S/C10H10N2O2S/c13-9-8-7(11-10(14)12-9)5-3-1-2-4-6(5)15-8/h1-4H2,(H2,11,12,13,14). The van der Waals surface area contributed by atoms with Crippen LogP contribution in [0, 0.1) is 0 Å². The Kier molecular flexibility index (Phi) is 1.82. The predicted molar refractivity (Wildman–Crippen MR) is 59.7 cm³/mol. The Morgan fingerprint density at radius 1 is 1.07 bits per heavy atom. The van der Waals surface area contributed by atoms with Gasteiger partial charge in [-0.05, 0) is 31.2 Å². The van der Waals surface area contributed by atoms with E-state index in [9.17, 15) is 9.59 Å². The van der Waals surface area contributed by atoms with Crippen LogP contribution in [0.3, 0.4) is 0 Å². The SMILES string of the molecule is O=c1[nH]c(=O)c2sc3c(c2[nH]1)CCCC3. The minimum absolute atomic E-state index is 0.256. The Labute approximate surface area is 89.0 Å². The van der Waals surface area contributed by atoms with E-state index < -0.39 is 5.69 Å². The summed E-state index contributed by atoms with van der Waals surface area (Å²) in [5.41, 5.74) is 1.29. The fourth-order valence-electron chi connectivity index (χ4n) is 2.16. The fraction of sp³-hybridized carbons (Fsp3) is 0.400. The maximum Gasteiger partial charge on any atom is 0.326 e. The van der Waals surface area contributed by atoms with Crippen molar-refractivity contribution < 1.29 is 0 Å². The van der Waals surface area contributed by atoms with E-state index in [1.165, 1.54) is 28.2 Å². The molecule has 3 rings (SSSR count). The highest BCUT2D eigenvalue weighted by Crippen LogP contribution is 2.32. The maximum absolute atomic E-state index is 11.6. The van der Waals surface area contributed by atoms with Gasteiger partial charge in [0.15, 0.2) is 0 Å². The zero-order chi connectivity index (χ0) is 10.4. The number of H-pyrrole nitrogens is 2. The summed E-state index contributed by atoms with van der Waals surface area (Å²) in [5, 5.41) is 0. The molecule has 0 aliphatic heterocycles. The molecule has 1 aliphatic carbocycles. The molecule has 0 atom stereocenters. The summed E-state index contributed by atoms with van der Waals surface area (Å²) >= 11 is 1.52. The van der Waals surface area contributed by atoms with Crippen molar-refractivity contribution in [2.45, 2.75) is 25.7 Å². The number of hydrogen-bond acceptors (Lipinski definition) is 3. The predicted octanol–water partition coefficient (Wildman–Crippen LogP) is 1.16. The van der Waals surface area contributed by atoms with Gasteiger partial charge in [0.05, 0.1) is 5.52 Å². The summed E-state index contributed by atoms with van der Waals surface area (Å²) in [6.45, 7) is 0. The number of fused-ring (bicyclic) bond motifs is 3. The van der Waals surface area contributed by atoms with E-state index in [4.69, 9.17) is 0 Å². The van der Waals surface area contributed by atoms with Crippen LogP contribution in [0.1, 0.15) is 23.3 Å². The van der Waals surface area contributed by atoms with Crippen molar-refractivity contribution in [3.8, 4) is 0 Å². The molecule has 2 heterocycles. The molecule has 5 heteroatoms. The first-order chi connectivity index (χ1) is 7.25. The molecule has 4 nitrogen and oxygen atoms in total. The van der Waals surface area contributed by atoms with Crippen molar-refractivity contribution >= 4 is 21.6 Å². The molecule has 2 aromatic heterocycles. The van der Waals surface area contributed by atoms with Crippen molar-refractivity contribution in [1.29, 1.82) is 0 Å². The van der Waals surface area contributed by atoms with E-state index in [1.807, 2.05) is 0 Å². The van der Waals surface area contributed by atoms with Crippen molar-refractivity contribution in [3.63, 3.8) is 0 Å². The minimum atomic E-state index is -0.404. The molecule has 0 unspecified atom stereocenters. The van der Waals surface area contributed by atoms with E-state index in [2.05, 4.69) is 9.97 Å². The van der Waals surface area contributed by atoms with E-state index in [1.54, 1.807) is 0 Å². The molecule has 2 aromatic rings. The van der Waals surface area contributed by atoms with Gasteiger partial charge in [0.2, 0.25) is 0 Å². The molecule has 0 fully saturated rings. The molecule has 0 spiro atoms. The lowest BCUT2D eigenvalue weighted by molar-refractivity contribution is 0.699. The summed E-state index contributed by atoms with van der Waals surface area (Å²) in [4.78, 5) is 29.0. The van der Waals surface area contributed by atoms with Crippen LogP contribution in [0.4, 0.5) is 0 Å². The Balaban J connectivity index is 2.47. The quantitative estimate of drug-likeness (QED) is 0.702. The van der Waals surface area contributed by atoms with Crippen LogP contribution in [0.15, 0.2) is 9.59 Å². The molecule has 0 aromatic carbocycles. The van der Waals surface area contributed by atoms with Crippen molar-refractivity contribution in [3.05, 3.63) is 31.3 Å². The summed E-state index contributed by atoms with van der Waals surface area (Å²) < 4.78 is 0.668. The Morgan fingerprint density at radius 2 is 1.87 bits per heavy atom. The number of aromatic amines is 2. The van der Waals surface area contributed by atoms with Crippen LogP contribution < -0.4 is 11.2 Å². The van der Waals surface area contributed by atoms with Crippen LogP contribution in [0.2, 0.25) is 0 Å². The average molecular weight is 222 g/mol. The van der Waals surface area contributed by atoms with E-state index in [0.717, 1.165) is 24.8 Å². The number of aromatic nitrogens is 2. The molecule has 1 aliphatic rings. The molecule has 0 saturated carbocycles. The third-order valence-electron chi connectivity index (χ3n) is 2.84. The Bertz CT molecular complexity index is 635. The average Bonchev–Trinajstić information content (AvgIpc) is 2.57. The van der Waals surface area contributed by atoms with E-state index >= 15 is 0 Å². The highest BCUT2D eigenvalue weighted by Gasteiger charge is 2.18. The topological polar surface area (TPSA) is 65.7 Å². The molecule has 0 amide bonds. The molecule has 78 valence electrons. The van der Waals surface area contributed by atoms with Gasteiger partial charge in [-0.25, -0.2) is 4.79 Å². The molecule has 15 heavy (non-hydrogen) atoms. The molecule has 0 radical (unpaired) electrons. The second kappa shape index (κ2) is 3.06. The van der Waals surface area contributed by atoms with Gasteiger partial charge in [0.25, 0.3) is 5.56 Å². The lowest BCUT2D eigenvalue weighted by Crippen LogP contribution is -2.21. The Hall–Kier alpha value is -1.36. The number of thiophene rings is 1. The summed E-state index contributed by atoms with van der Waals surface area (Å²) in [5.74, 6) is 0. The van der Waals surface area contributed by atoms with Gasteiger partial charge in [0, 0.05) is 4.88 Å². The first-order valence-electron chi connectivity index (χ1n) is 5.02. The van der Waals surface area contributed by atoms with Crippen LogP contribution in [-0.2, 0) is 12.8 Å². The normalized spacial score (nSPS) is 15.5. The van der Waals surface area contributed by atoms with E-state index in [0.29, 0.717) is 4.70 Å². The number of aryl methyl sites for hydroxylation is 2. The van der Waals surface area contributed by atoms with Crippen molar-refractivity contribution in [2.75, 3.05) is 0 Å². The fourth-order valence-corrected chi connectivity index (χ4v) is 3.40. The van der Waals surface area contributed by atoms with Gasteiger partial charge in [-0.3, -0.25) is 9.78 Å². The van der Waals surface area contributed by atoms with Gasteiger partial charge >= 0.3 is 5.69 Å².